The van der Waals surface area contributed by atoms with E-state index in [-0.39, 0.29) is 11.8 Å². The van der Waals surface area contributed by atoms with E-state index in [1.807, 2.05) is 60.7 Å². The second-order valence-electron chi connectivity index (χ2n) is 7.73. The number of anilines is 1. The number of benzene rings is 3. The topological polar surface area (TPSA) is 37.4 Å². The summed E-state index contributed by atoms with van der Waals surface area (Å²) in [5, 5.41) is 0.535. The number of Topliss-reactive ketones (excluding diaryl/α,β-unsaturated/α-hetero) is 1. The van der Waals surface area contributed by atoms with Gasteiger partial charge in [-0.05, 0) is 34.9 Å². The molecule has 0 bridgehead atoms. The highest BCUT2D eigenvalue weighted by atomic mass is 35.5. The fraction of sp³-hybridized carbons (Fsp3) is 0.154. The molecule has 3 aromatic rings. The maximum absolute atomic E-state index is 13.9. The van der Waals surface area contributed by atoms with Crippen molar-refractivity contribution in [1.29, 1.82) is 0 Å². The third kappa shape index (κ3) is 2.66. The Morgan fingerprint density at radius 2 is 1.70 bits per heavy atom. The van der Waals surface area contributed by atoms with E-state index in [0.29, 0.717) is 23.4 Å². The van der Waals surface area contributed by atoms with Crippen molar-refractivity contribution in [3.63, 3.8) is 0 Å². The maximum atomic E-state index is 13.9. The molecule has 4 heteroatoms. The van der Waals surface area contributed by atoms with E-state index >= 15 is 0 Å². The largest absolute Gasteiger partial charge is 0.346 e. The van der Waals surface area contributed by atoms with Crippen LogP contribution in [0.4, 0.5) is 5.69 Å². The van der Waals surface area contributed by atoms with Crippen molar-refractivity contribution >= 4 is 34.9 Å². The van der Waals surface area contributed by atoms with Crippen LogP contribution in [0.5, 0.6) is 0 Å². The number of rotatable bonds is 4. The zero-order valence-electron chi connectivity index (χ0n) is 16.3. The molecule has 0 N–H and O–H groups in total. The minimum Gasteiger partial charge on any atom is -0.346 e. The number of fused-ring (bicyclic) bond motifs is 3. The van der Waals surface area contributed by atoms with E-state index in [1.54, 1.807) is 6.07 Å². The number of carbonyl (C=O) groups is 2. The van der Waals surface area contributed by atoms with Gasteiger partial charge in [-0.3, -0.25) is 4.79 Å². The molecule has 0 fully saturated rings. The van der Waals surface area contributed by atoms with Gasteiger partial charge in [0.05, 0.1) is 6.04 Å². The van der Waals surface area contributed by atoms with Crippen LogP contribution < -0.4 is 4.90 Å². The zero-order valence-corrected chi connectivity index (χ0v) is 17.0. The van der Waals surface area contributed by atoms with Crippen LogP contribution in [0.2, 0.25) is 5.02 Å². The first-order valence-electron chi connectivity index (χ1n) is 10.0. The summed E-state index contributed by atoms with van der Waals surface area (Å²) < 4.78 is 0. The van der Waals surface area contributed by atoms with Gasteiger partial charge in [0.1, 0.15) is 11.8 Å². The number of hydrogen-bond acceptors (Lipinski definition) is 3. The molecule has 3 aromatic carbocycles. The predicted molar refractivity (Wildman–Crippen MR) is 120 cm³/mol. The first kappa shape index (κ1) is 18.8. The molecule has 30 heavy (non-hydrogen) atoms. The Balaban J connectivity index is 1.78. The van der Waals surface area contributed by atoms with E-state index in [1.165, 1.54) is 0 Å². The summed E-state index contributed by atoms with van der Waals surface area (Å²) in [7, 11) is 0. The van der Waals surface area contributed by atoms with E-state index in [2.05, 4.69) is 23.1 Å². The minimum absolute atomic E-state index is 0.0328. The fourth-order valence-corrected chi connectivity index (χ4v) is 5.13. The van der Waals surface area contributed by atoms with Crippen molar-refractivity contribution in [2.24, 2.45) is 0 Å². The second-order valence-corrected chi connectivity index (χ2v) is 8.17. The van der Waals surface area contributed by atoms with Crippen LogP contribution in [0.1, 0.15) is 34.3 Å². The van der Waals surface area contributed by atoms with Crippen molar-refractivity contribution in [2.75, 3.05) is 4.90 Å². The molecule has 0 amide bonds. The molecule has 2 atom stereocenters. The molecular weight excluding hydrogens is 394 g/mol. The number of hydrogen-bond donors (Lipinski definition) is 0. The molecule has 3 nitrogen and oxygen atoms in total. The first-order valence-corrected chi connectivity index (χ1v) is 10.4. The van der Waals surface area contributed by atoms with Gasteiger partial charge in [0.15, 0.2) is 5.78 Å². The lowest BCUT2D eigenvalue weighted by atomic mass is 9.76. The highest BCUT2D eigenvalue weighted by Crippen LogP contribution is 2.53. The average Bonchev–Trinajstić information content (AvgIpc) is 3.04. The summed E-state index contributed by atoms with van der Waals surface area (Å²) in [6.07, 6.45) is 3.91. The Labute approximate surface area is 180 Å². The van der Waals surface area contributed by atoms with Crippen molar-refractivity contribution in [3.8, 4) is 0 Å². The quantitative estimate of drug-likeness (QED) is 0.516. The zero-order chi connectivity index (χ0) is 20.7. The lowest BCUT2D eigenvalue weighted by Crippen LogP contribution is -2.55. The van der Waals surface area contributed by atoms with Gasteiger partial charge in [-0.2, -0.15) is 0 Å². The van der Waals surface area contributed by atoms with Crippen molar-refractivity contribution in [2.45, 2.75) is 24.4 Å². The number of halogens is 1. The molecule has 0 aliphatic carbocycles. The van der Waals surface area contributed by atoms with Crippen LogP contribution >= 0.6 is 11.6 Å². The minimum atomic E-state index is -0.875. The highest BCUT2D eigenvalue weighted by molar-refractivity contribution is 6.31. The molecule has 2 heterocycles. The fourth-order valence-electron chi connectivity index (χ4n) is 4.96. The Hall–Kier alpha value is -3.17. The monoisotopic (exact) mass is 413 g/mol. The SMILES string of the molecule is O=CC[C@@H]1C(c2ccccc2)=CC[C@@]2(c3ccccc3)C(=O)c3cc(Cl)ccc3N12. The van der Waals surface area contributed by atoms with E-state index in [0.717, 1.165) is 28.7 Å². The van der Waals surface area contributed by atoms with Gasteiger partial charge in [0.2, 0.25) is 0 Å². The molecule has 0 radical (unpaired) electrons. The van der Waals surface area contributed by atoms with Crippen molar-refractivity contribution < 1.29 is 9.59 Å². The summed E-state index contributed by atoms with van der Waals surface area (Å²) in [6, 6.07) is 25.2. The van der Waals surface area contributed by atoms with E-state index in [9.17, 15) is 9.59 Å². The van der Waals surface area contributed by atoms with Crippen molar-refractivity contribution in [1.82, 2.24) is 0 Å². The molecule has 0 unspecified atom stereocenters. The summed E-state index contributed by atoms with van der Waals surface area (Å²) in [5.41, 5.74) is 3.65. The van der Waals surface area contributed by atoms with Gasteiger partial charge in [-0.15, -0.1) is 0 Å². The van der Waals surface area contributed by atoms with Crippen LogP contribution in [-0.4, -0.2) is 18.1 Å². The lowest BCUT2D eigenvalue weighted by Gasteiger charge is -2.47. The first-order chi connectivity index (χ1) is 14.7. The summed E-state index contributed by atoms with van der Waals surface area (Å²) in [6.45, 7) is 0. The third-order valence-corrected chi connectivity index (χ3v) is 6.45. The molecule has 0 saturated heterocycles. The predicted octanol–water partition coefficient (Wildman–Crippen LogP) is 5.68. The summed E-state index contributed by atoms with van der Waals surface area (Å²) in [4.78, 5) is 27.8. The van der Waals surface area contributed by atoms with Crippen LogP contribution in [0, 0.1) is 0 Å². The van der Waals surface area contributed by atoms with Gasteiger partial charge < -0.3 is 9.69 Å². The Bertz CT molecular complexity index is 1160. The number of carbonyl (C=O) groups excluding carboxylic acids is 2. The normalized spacial score (nSPS) is 22.3. The van der Waals surface area contributed by atoms with Crippen LogP contribution in [0.3, 0.4) is 0 Å². The summed E-state index contributed by atoms with van der Waals surface area (Å²) >= 11 is 6.26. The standard InChI is InChI=1S/C26H20ClNO2/c27-20-11-12-23-22(17-20)25(30)26(19-9-5-2-6-10-19)15-13-21(18-7-3-1-4-8-18)24(14-16-29)28(23)26/h1-13,16-17,24H,14-15H2/t24-,26-/m1/s1. The van der Waals surface area contributed by atoms with Gasteiger partial charge in [-0.25, -0.2) is 0 Å². The number of ketones is 1. The van der Waals surface area contributed by atoms with Gasteiger partial charge >= 0.3 is 0 Å². The van der Waals surface area contributed by atoms with E-state index in [4.69, 9.17) is 11.6 Å². The van der Waals surface area contributed by atoms with Gasteiger partial charge in [0.25, 0.3) is 0 Å². The average molecular weight is 414 g/mol. The number of nitrogens with zero attached hydrogens (tertiary/aromatic N) is 1. The lowest BCUT2D eigenvalue weighted by molar-refractivity contribution is -0.108. The molecule has 0 spiro atoms. The van der Waals surface area contributed by atoms with Crippen LogP contribution in [0.25, 0.3) is 5.57 Å². The highest BCUT2D eigenvalue weighted by Gasteiger charge is 2.56. The van der Waals surface area contributed by atoms with Crippen LogP contribution in [-0.2, 0) is 10.3 Å². The molecule has 0 aromatic heterocycles. The molecule has 2 aliphatic heterocycles. The molecule has 5 rings (SSSR count). The molecule has 0 saturated carbocycles. The molecule has 2 aliphatic rings. The number of aldehydes is 1. The van der Waals surface area contributed by atoms with Gasteiger partial charge in [-0.1, -0.05) is 78.3 Å². The smallest absolute Gasteiger partial charge is 0.195 e. The Morgan fingerprint density at radius 1 is 1.00 bits per heavy atom. The Morgan fingerprint density at radius 3 is 2.40 bits per heavy atom. The second kappa shape index (κ2) is 7.26. The van der Waals surface area contributed by atoms with Gasteiger partial charge in [0, 0.05) is 29.1 Å². The Kier molecular flexibility index (Phi) is 4.56. The van der Waals surface area contributed by atoms with Crippen molar-refractivity contribution in [3.05, 3.63) is 107 Å². The summed E-state index contributed by atoms with van der Waals surface area (Å²) in [5.74, 6) is 0.0328. The maximum Gasteiger partial charge on any atom is 0.195 e. The third-order valence-electron chi connectivity index (χ3n) is 6.22. The molecular formula is C26H20ClNO2. The van der Waals surface area contributed by atoms with Crippen LogP contribution in [0.15, 0.2) is 84.9 Å². The molecule has 148 valence electrons. The van der Waals surface area contributed by atoms with E-state index < -0.39 is 5.54 Å².